The molecule has 1 N–H and O–H groups in total. The molecule has 2 fully saturated rings. The van der Waals surface area contributed by atoms with Crippen LogP contribution in [-0.4, -0.2) is 23.5 Å². The van der Waals surface area contributed by atoms with Crippen LogP contribution in [0.5, 0.6) is 0 Å². The summed E-state index contributed by atoms with van der Waals surface area (Å²) in [7, 11) is 0. The summed E-state index contributed by atoms with van der Waals surface area (Å²) in [5.41, 5.74) is 0. The molecule has 104 valence electrons. The average molecular weight is 268 g/mol. The van der Waals surface area contributed by atoms with Crippen LogP contribution in [0.25, 0.3) is 0 Å². The molecular weight excluding hydrogens is 240 g/mol. The average Bonchev–Trinajstić information content (AvgIpc) is 2.40. The fraction of sp³-hybridized carbons (Fsp3) is 0.933. The number of amidine groups is 1. The van der Waals surface area contributed by atoms with E-state index in [0.717, 1.165) is 18.4 Å². The summed E-state index contributed by atoms with van der Waals surface area (Å²) in [5, 5.41) is 4.81. The molecule has 3 heteroatoms. The van der Waals surface area contributed by atoms with Crippen molar-refractivity contribution in [3.63, 3.8) is 0 Å². The predicted molar refractivity (Wildman–Crippen MR) is 82.3 cm³/mol. The van der Waals surface area contributed by atoms with Gasteiger partial charge >= 0.3 is 0 Å². The maximum atomic E-state index is 4.78. The van der Waals surface area contributed by atoms with Crippen LogP contribution in [0.15, 0.2) is 4.99 Å². The van der Waals surface area contributed by atoms with Crippen molar-refractivity contribution in [1.82, 2.24) is 5.32 Å². The maximum absolute atomic E-state index is 4.78. The highest BCUT2D eigenvalue weighted by molar-refractivity contribution is 8.13. The minimum absolute atomic E-state index is 0.639. The van der Waals surface area contributed by atoms with Gasteiger partial charge in [-0.1, -0.05) is 57.7 Å². The summed E-state index contributed by atoms with van der Waals surface area (Å²) in [6.07, 6.45) is 9.83. The number of thioether (sulfide) groups is 1. The SMILES string of the molecule is CC(C)C1CCSC(=NCCC2CCCCC2)N1. The Morgan fingerprint density at radius 3 is 2.72 bits per heavy atom. The van der Waals surface area contributed by atoms with Crippen molar-refractivity contribution in [1.29, 1.82) is 0 Å². The third-order valence-electron chi connectivity index (χ3n) is 4.30. The van der Waals surface area contributed by atoms with Gasteiger partial charge in [-0.25, -0.2) is 0 Å². The molecule has 1 unspecified atom stereocenters. The van der Waals surface area contributed by atoms with Crippen LogP contribution in [0.1, 0.15) is 58.8 Å². The Morgan fingerprint density at radius 2 is 2.00 bits per heavy atom. The van der Waals surface area contributed by atoms with Gasteiger partial charge < -0.3 is 5.32 Å². The molecule has 1 saturated carbocycles. The Morgan fingerprint density at radius 1 is 1.22 bits per heavy atom. The number of rotatable bonds is 4. The van der Waals surface area contributed by atoms with Gasteiger partial charge in [0.05, 0.1) is 0 Å². The lowest BCUT2D eigenvalue weighted by atomic mass is 9.87. The predicted octanol–water partition coefficient (Wildman–Crippen LogP) is 4.06. The zero-order chi connectivity index (χ0) is 12.8. The number of hydrogen-bond donors (Lipinski definition) is 1. The Hall–Kier alpha value is -0.180. The van der Waals surface area contributed by atoms with Crippen molar-refractivity contribution in [3.05, 3.63) is 0 Å². The molecule has 2 aliphatic rings. The summed E-state index contributed by atoms with van der Waals surface area (Å²) >= 11 is 1.91. The quantitative estimate of drug-likeness (QED) is 0.831. The normalized spacial score (nSPS) is 28.6. The number of hydrogen-bond acceptors (Lipinski definition) is 2. The molecule has 0 bridgehead atoms. The van der Waals surface area contributed by atoms with E-state index in [1.54, 1.807) is 0 Å². The molecule has 1 heterocycles. The van der Waals surface area contributed by atoms with Crippen LogP contribution >= 0.6 is 11.8 Å². The van der Waals surface area contributed by atoms with Gasteiger partial charge in [0.2, 0.25) is 0 Å². The molecule has 0 amide bonds. The first-order valence-electron chi connectivity index (χ1n) is 7.69. The van der Waals surface area contributed by atoms with Gasteiger partial charge in [0.25, 0.3) is 0 Å². The zero-order valence-corrected chi connectivity index (χ0v) is 12.8. The van der Waals surface area contributed by atoms with Gasteiger partial charge in [-0.3, -0.25) is 4.99 Å². The molecule has 1 aliphatic heterocycles. The standard InChI is InChI=1S/C15H28N2S/c1-12(2)14-9-11-18-15(17-14)16-10-8-13-6-4-3-5-7-13/h12-14H,3-11H2,1-2H3,(H,16,17). The van der Waals surface area contributed by atoms with Gasteiger partial charge in [-0.15, -0.1) is 0 Å². The summed E-state index contributed by atoms with van der Waals surface area (Å²) in [6.45, 7) is 5.63. The van der Waals surface area contributed by atoms with Crippen molar-refractivity contribution >= 4 is 16.9 Å². The molecule has 0 aromatic rings. The van der Waals surface area contributed by atoms with Crippen molar-refractivity contribution in [2.45, 2.75) is 64.8 Å². The molecule has 18 heavy (non-hydrogen) atoms. The Kier molecular flexibility index (Phi) is 5.87. The second-order valence-electron chi connectivity index (χ2n) is 6.11. The van der Waals surface area contributed by atoms with Crippen LogP contribution in [-0.2, 0) is 0 Å². The second-order valence-corrected chi connectivity index (χ2v) is 7.20. The minimum Gasteiger partial charge on any atom is -0.362 e. The lowest BCUT2D eigenvalue weighted by Crippen LogP contribution is -2.41. The molecular formula is C15H28N2S. The van der Waals surface area contributed by atoms with Crippen molar-refractivity contribution < 1.29 is 0 Å². The van der Waals surface area contributed by atoms with Crippen molar-refractivity contribution in [3.8, 4) is 0 Å². The van der Waals surface area contributed by atoms with E-state index in [1.807, 2.05) is 11.8 Å². The van der Waals surface area contributed by atoms with Crippen LogP contribution < -0.4 is 5.32 Å². The summed E-state index contributed by atoms with van der Waals surface area (Å²) in [6, 6.07) is 0.639. The lowest BCUT2D eigenvalue weighted by Gasteiger charge is -2.28. The first-order chi connectivity index (χ1) is 8.75. The van der Waals surface area contributed by atoms with E-state index in [1.165, 1.54) is 55.9 Å². The van der Waals surface area contributed by atoms with E-state index in [9.17, 15) is 0 Å². The summed E-state index contributed by atoms with van der Waals surface area (Å²) in [5.74, 6) is 2.91. The topological polar surface area (TPSA) is 24.4 Å². The monoisotopic (exact) mass is 268 g/mol. The van der Waals surface area contributed by atoms with Crippen LogP contribution in [0.2, 0.25) is 0 Å². The summed E-state index contributed by atoms with van der Waals surface area (Å²) in [4.78, 5) is 4.78. The van der Waals surface area contributed by atoms with Crippen LogP contribution in [0.3, 0.4) is 0 Å². The lowest BCUT2D eigenvalue weighted by molar-refractivity contribution is 0.343. The van der Waals surface area contributed by atoms with Crippen LogP contribution in [0, 0.1) is 11.8 Å². The third kappa shape index (κ3) is 4.49. The maximum Gasteiger partial charge on any atom is 0.156 e. The van der Waals surface area contributed by atoms with E-state index in [4.69, 9.17) is 4.99 Å². The molecule has 0 aromatic heterocycles. The van der Waals surface area contributed by atoms with Gasteiger partial charge in [-0.2, -0.15) is 0 Å². The number of nitrogens with zero attached hydrogens (tertiary/aromatic N) is 1. The summed E-state index contributed by atoms with van der Waals surface area (Å²) < 4.78 is 0. The Bertz CT molecular complexity index is 270. The highest BCUT2D eigenvalue weighted by atomic mass is 32.2. The first-order valence-corrected chi connectivity index (χ1v) is 8.68. The van der Waals surface area contributed by atoms with Crippen LogP contribution in [0.4, 0.5) is 0 Å². The van der Waals surface area contributed by atoms with E-state index in [-0.39, 0.29) is 0 Å². The molecule has 0 spiro atoms. The number of aliphatic imine (C=N–C) groups is 1. The molecule has 0 radical (unpaired) electrons. The van der Waals surface area contributed by atoms with E-state index in [2.05, 4.69) is 19.2 Å². The highest BCUT2D eigenvalue weighted by Gasteiger charge is 2.20. The van der Waals surface area contributed by atoms with Gasteiger partial charge in [-0.05, 0) is 24.7 Å². The van der Waals surface area contributed by atoms with E-state index in [0.29, 0.717) is 6.04 Å². The fourth-order valence-corrected chi connectivity index (χ4v) is 3.95. The molecule has 1 atom stereocenters. The molecule has 2 nitrogen and oxygen atoms in total. The highest BCUT2D eigenvalue weighted by Crippen LogP contribution is 2.26. The van der Waals surface area contributed by atoms with E-state index < -0.39 is 0 Å². The molecule has 0 aromatic carbocycles. The first kappa shape index (κ1) is 14.2. The smallest absolute Gasteiger partial charge is 0.156 e. The van der Waals surface area contributed by atoms with Gasteiger partial charge in [0, 0.05) is 18.3 Å². The van der Waals surface area contributed by atoms with Gasteiger partial charge in [0.1, 0.15) is 0 Å². The van der Waals surface area contributed by atoms with E-state index >= 15 is 0 Å². The molecule has 1 aliphatic carbocycles. The Balaban J connectivity index is 1.71. The molecule has 1 saturated heterocycles. The van der Waals surface area contributed by atoms with Gasteiger partial charge in [0.15, 0.2) is 5.17 Å². The van der Waals surface area contributed by atoms with Crippen molar-refractivity contribution in [2.24, 2.45) is 16.8 Å². The minimum atomic E-state index is 0.639. The zero-order valence-electron chi connectivity index (χ0n) is 12.0. The second kappa shape index (κ2) is 7.42. The number of nitrogens with one attached hydrogen (secondary N) is 1. The third-order valence-corrected chi connectivity index (χ3v) is 5.26. The van der Waals surface area contributed by atoms with Crippen molar-refractivity contribution in [2.75, 3.05) is 12.3 Å². The largest absolute Gasteiger partial charge is 0.362 e. The Labute approximate surface area is 116 Å². The fourth-order valence-electron chi connectivity index (χ4n) is 2.97. The molecule has 2 rings (SSSR count).